The first-order valence-electron chi connectivity index (χ1n) is 7.92. The molecular weight excluding hydrogens is 336 g/mol. The fourth-order valence-corrected chi connectivity index (χ4v) is 3.52. The van der Waals surface area contributed by atoms with Crippen molar-refractivity contribution in [1.82, 2.24) is 19.7 Å². The highest BCUT2D eigenvalue weighted by Gasteiger charge is 2.13. The molecular formula is C18H22N4O2S. The quantitative estimate of drug-likeness (QED) is 0.649. The minimum atomic E-state index is 0.768. The van der Waals surface area contributed by atoms with Crippen molar-refractivity contribution >= 4 is 11.3 Å². The van der Waals surface area contributed by atoms with Crippen molar-refractivity contribution in [3.05, 3.63) is 47.2 Å². The second kappa shape index (κ2) is 7.67. The third kappa shape index (κ3) is 4.18. The van der Waals surface area contributed by atoms with E-state index < -0.39 is 0 Å². The van der Waals surface area contributed by atoms with Crippen molar-refractivity contribution in [3.63, 3.8) is 0 Å². The number of rotatable bonds is 7. The van der Waals surface area contributed by atoms with Gasteiger partial charge < -0.3 is 9.47 Å². The molecule has 0 amide bonds. The lowest BCUT2D eigenvalue weighted by atomic mass is 10.2. The largest absolute Gasteiger partial charge is 0.497 e. The molecule has 0 spiro atoms. The number of methoxy groups -OCH3 is 2. The Morgan fingerprint density at radius 3 is 2.72 bits per heavy atom. The van der Waals surface area contributed by atoms with Crippen LogP contribution in [0.5, 0.6) is 11.5 Å². The Morgan fingerprint density at radius 1 is 1.20 bits per heavy atom. The molecule has 6 nitrogen and oxygen atoms in total. The molecule has 0 aliphatic rings. The van der Waals surface area contributed by atoms with Crippen molar-refractivity contribution in [1.29, 1.82) is 0 Å². The fraction of sp³-hybridized carbons (Fsp3) is 0.333. The summed E-state index contributed by atoms with van der Waals surface area (Å²) in [6.07, 6.45) is 3.93. The summed E-state index contributed by atoms with van der Waals surface area (Å²) in [7, 11) is 7.32. The Labute approximate surface area is 151 Å². The van der Waals surface area contributed by atoms with Crippen LogP contribution in [0.25, 0.3) is 10.6 Å². The number of hydrogen-bond donors (Lipinski definition) is 0. The molecule has 0 saturated carbocycles. The number of benzene rings is 1. The number of nitrogens with zero attached hydrogens (tertiary/aromatic N) is 4. The van der Waals surface area contributed by atoms with E-state index in [-0.39, 0.29) is 0 Å². The molecule has 132 valence electrons. The van der Waals surface area contributed by atoms with E-state index in [1.54, 1.807) is 25.6 Å². The van der Waals surface area contributed by atoms with Crippen molar-refractivity contribution < 1.29 is 9.47 Å². The predicted octanol–water partition coefficient (Wildman–Crippen LogP) is 3.19. The first-order valence-corrected chi connectivity index (χ1v) is 8.80. The number of hydrogen-bond acceptors (Lipinski definition) is 6. The summed E-state index contributed by atoms with van der Waals surface area (Å²) >= 11 is 1.62. The summed E-state index contributed by atoms with van der Waals surface area (Å²) < 4.78 is 12.6. The second-order valence-corrected chi connectivity index (χ2v) is 6.76. The number of thiazole rings is 1. The van der Waals surface area contributed by atoms with Gasteiger partial charge in [0.1, 0.15) is 16.5 Å². The molecule has 0 bridgehead atoms. The predicted molar refractivity (Wildman–Crippen MR) is 99.0 cm³/mol. The van der Waals surface area contributed by atoms with Gasteiger partial charge in [-0.25, -0.2) is 4.98 Å². The highest BCUT2D eigenvalue weighted by molar-refractivity contribution is 7.13. The number of ether oxygens (including phenoxy) is 2. The van der Waals surface area contributed by atoms with E-state index in [2.05, 4.69) is 22.4 Å². The van der Waals surface area contributed by atoms with Crippen molar-refractivity contribution in [2.24, 2.45) is 7.05 Å². The zero-order valence-corrected chi connectivity index (χ0v) is 15.7. The summed E-state index contributed by atoms with van der Waals surface area (Å²) in [6, 6.07) is 5.79. The Hall–Kier alpha value is -2.38. The molecule has 1 aromatic carbocycles. The lowest BCUT2D eigenvalue weighted by Crippen LogP contribution is -2.17. The zero-order valence-electron chi connectivity index (χ0n) is 14.9. The van der Waals surface area contributed by atoms with E-state index in [4.69, 9.17) is 14.5 Å². The first kappa shape index (κ1) is 17.4. The van der Waals surface area contributed by atoms with Gasteiger partial charge in [0.05, 0.1) is 31.7 Å². The van der Waals surface area contributed by atoms with E-state index >= 15 is 0 Å². The second-order valence-electron chi connectivity index (χ2n) is 5.90. The van der Waals surface area contributed by atoms with Gasteiger partial charge in [-0.3, -0.25) is 9.58 Å². The normalized spacial score (nSPS) is 11.1. The molecule has 0 atom stereocenters. The number of aromatic nitrogens is 3. The smallest absolute Gasteiger partial charge is 0.132 e. The van der Waals surface area contributed by atoms with E-state index in [9.17, 15) is 0 Å². The van der Waals surface area contributed by atoms with E-state index in [1.165, 1.54) is 5.56 Å². The van der Waals surface area contributed by atoms with Gasteiger partial charge in [0.15, 0.2) is 0 Å². The Bertz CT molecular complexity index is 843. The van der Waals surface area contributed by atoms with Crippen molar-refractivity contribution in [2.45, 2.75) is 13.1 Å². The first-order chi connectivity index (χ1) is 12.1. The van der Waals surface area contributed by atoms with Crippen LogP contribution in [0.3, 0.4) is 0 Å². The molecule has 0 aliphatic carbocycles. The van der Waals surface area contributed by atoms with Crippen LogP contribution in [0.2, 0.25) is 0 Å². The minimum Gasteiger partial charge on any atom is -0.497 e. The van der Waals surface area contributed by atoms with Gasteiger partial charge in [-0.15, -0.1) is 11.3 Å². The Morgan fingerprint density at radius 2 is 2.04 bits per heavy atom. The highest BCUT2D eigenvalue weighted by Crippen LogP contribution is 2.35. The van der Waals surface area contributed by atoms with Gasteiger partial charge in [0.25, 0.3) is 0 Å². The summed E-state index contributed by atoms with van der Waals surface area (Å²) in [5.41, 5.74) is 3.22. The summed E-state index contributed by atoms with van der Waals surface area (Å²) in [5.74, 6) is 1.54. The molecule has 0 aliphatic heterocycles. The third-order valence-electron chi connectivity index (χ3n) is 3.83. The van der Waals surface area contributed by atoms with Crippen LogP contribution in [0, 0.1) is 0 Å². The monoisotopic (exact) mass is 358 g/mol. The van der Waals surface area contributed by atoms with Crippen LogP contribution >= 0.6 is 11.3 Å². The maximum absolute atomic E-state index is 5.48. The van der Waals surface area contributed by atoms with Gasteiger partial charge in [-0.1, -0.05) is 0 Å². The minimum absolute atomic E-state index is 0.768. The molecule has 0 fully saturated rings. The zero-order chi connectivity index (χ0) is 17.8. The van der Waals surface area contributed by atoms with Gasteiger partial charge in [0, 0.05) is 43.3 Å². The molecule has 3 aromatic rings. The topological polar surface area (TPSA) is 52.4 Å². The SMILES string of the molecule is COc1ccc(-c2nc(CN(C)Cc3cnn(C)c3)cs2)c(OC)c1. The molecule has 2 heterocycles. The van der Waals surface area contributed by atoms with Crippen LogP contribution in [-0.2, 0) is 20.1 Å². The van der Waals surface area contributed by atoms with Crippen molar-refractivity contribution in [2.75, 3.05) is 21.3 Å². The summed E-state index contributed by atoms with van der Waals surface area (Å²) in [4.78, 5) is 6.99. The highest BCUT2D eigenvalue weighted by atomic mass is 32.1. The standard InChI is InChI=1S/C18H22N4O2S/c1-21(9-13-8-19-22(2)10-13)11-14-12-25-18(20-14)16-6-5-15(23-3)7-17(16)24-4/h5-8,10,12H,9,11H2,1-4H3. The summed E-state index contributed by atoms with van der Waals surface area (Å²) in [6.45, 7) is 1.62. The van der Waals surface area contributed by atoms with Crippen LogP contribution in [0.4, 0.5) is 0 Å². The van der Waals surface area contributed by atoms with Crippen LogP contribution < -0.4 is 9.47 Å². The van der Waals surface area contributed by atoms with Crippen LogP contribution in [0.15, 0.2) is 36.0 Å². The molecule has 0 saturated heterocycles. The maximum atomic E-state index is 5.48. The maximum Gasteiger partial charge on any atom is 0.132 e. The van der Waals surface area contributed by atoms with Gasteiger partial charge in [-0.05, 0) is 19.2 Å². The molecule has 7 heteroatoms. The van der Waals surface area contributed by atoms with Crippen molar-refractivity contribution in [3.8, 4) is 22.1 Å². The van der Waals surface area contributed by atoms with E-state index in [0.717, 1.165) is 40.9 Å². The number of aryl methyl sites for hydroxylation is 1. The lowest BCUT2D eigenvalue weighted by molar-refractivity contribution is 0.316. The molecule has 3 rings (SSSR count). The fourth-order valence-electron chi connectivity index (χ4n) is 2.68. The van der Waals surface area contributed by atoms with E-state index in [1.807, 2.05) is 42.3 Å². The van der Waals surface area contributed by atoms with Gasteiger partial charge in [-0.2, -0.15) is 5.10 Å². The molecule has 0 unspecified atom stereocenters. The molecule has 25 heavy (non-hydrogen) atoms. The Balaban J connectivity index is 1.72. The lowest BCUT2D eigenvalue weighted by Gasteiger charge is -2.13. The summed E-state index contributed by atoms with van der Waals surface area (Å²) in [5, 5.41) is 7.25. The molecule has 0 radical (unpaired) electrons. The van der Waals surface area contributed by atoms with Gasteiger partial charge >= 0.3 is 0 Å². The molecule has 2 aromatic heterocycles. The molecule has 0 N–H and O–H groups in total. The van der Waals surface area contributed by atoms with Gasteiger partial charge in [0.2, 0.25) is 0 Å². The Kier molecular flexibility index (Phi) is 5.35. The van der Waals surface area contributed by atoms with E-state index in [0.29, 0.717) is 0 Å². The average Bonchev–Trinajstić information content (AvgIpc) is 3.23. The average molecular weight is 358 g/mol. The third-order valence-corrected chi connectivity index (χ3v) is 4.76. The van der Waals surface area contributed by atoms with Crippen LogP contribution in [0.1, 0.15) is 11.3 Å². The van der Waals surface area contributed by atoms with Crippen LogP contribution in [-0.4, -0.2) is 40.9 Å².